The Morgan fingerprint density at radius 2 is 2.00 bits per heavy atom. The molecular weight excluding hydrogens is 210 g/mol. The van der Waals surface area contributed by atoms with Gasteiger partial charge in [-0.05, 0) is 25.7 Å². The lowest BCUT2D eigenvalue weighted by atomic mass is 9.96. The quantitative estimate of drug-likeness (QED) is 0.481. The van der Waals surface area contributed by atoms with Crippen molar-refractivity contribution in [2.24, 2.45) is 11.7 Å². The van der Waals surface area contributed by atoms with E-state index in [0.29, 0.717) is 19.8 Å². The Labute approximate surface area is 96.2 Å². The molecule has 5 nitrogen and oxygen atoms in total. The van der Waals surface area contributed by atoms with E-state index in [1.165, 1.54) is 7.11 Å². The molecule has 0 bridgehead atoms. The van der Waals surface area contributed by atoms with Crippen LogP contribution in [-0.2, 0) is 19.0 Å². The van der Waals surface area contributed by atoms with E-state index in [2.05, 4.69) is 0 Å². The van der Waals surface area contributed by atoms with Gasteiger partial charge in [-0.15, -0.1) is 0 Å². The van der Waals surface area contributed by atoms with Gasteiger partial charge in [0.15, 0.2) is 0 Å². The van der Waals surface area contributed by atoms with Crippen molar-refractivity contribution >= 4 is 5.97 Å². The Balaban J connectivity index is 2.31. The Hall–Kier alpha value is -0.650. The van der Waals surface area contributed by atoms with Gasteiger partial charge in [-0.1, -0.05) is 0 Å². The number of esters is 1. The van der Waals surface area contributed by atoms with Crippen LogP contribution in [-0.4, -0.2) is 45.0 Å². The van der Waals surface area contributed by atoms with Gasteiger partial charge in [-0.2, -0.15) is 0 Å². The first-order chi connectivity index (χ1) is 7.65. The highest BCUT2D eigenvalue weighted by Crippen LogP contribution is 2.39. The largest absolute Gasteiger partial charge is 0.468 e. The summed E-state index contributed by atoms with van der Waals surface area (Å²) in [6, 6.07) is 0. The summed E-state index contributed by atoms with van der Waals surface area (Å²) in [4.78, 5) is 11.6. The van der Waals surface area contributed by atoms with Crippen LogP contribution in [0.2, 0.25) is 0 Å². The lowest BCUT2D eigenvalue weighted by molar-refractivity contribution is -0.151. The summed E-state index contributed by atoms with van der Waals surface area (Å²) in [6.07, 6.45) is 1.95. The van der Waals surface area contributed by atoms with Crippen molar-refractivity contribution in [3.8, 4) is 0 Å². The van der Waals surface area contributed by atoms with Gasteiger partial charge in [0, 0.05) is 6.61 Å². The third-order valence-electron chi connectivity index (χ3n) is 2.79. The molecule has 0 amide bonds. The summed E-state index contributed by atoms with van der Waals surface area (Å²) in [5.74, 6) is -0.182. The molecule has 1 atom stereocenters. The molecule has 1 aliphatic carbocycles. The standard InChI is InChI=1S/C11H21NO4/c1-3-15-6-7-16-8-11(12,9-4-5-9)10(13)14-2/h9H,3-8,12H2,1-2H3. The average Bonchev–Trinajstić information content (AvgIpc) is 3.11. The molecular formula is C11H21NO4. The zero-order valence-electron chi connectivity index (χ0n) is 10.0. The van der Waals surface area contributed by atoms with Crippen molar-refractivity contribution in [1.82, 2.24) is 0 Å². The van der Waals surface area contributed by atoms with E-state index in [-0.39, 0.29) is 18.5 Å². The molecule has 1 aliphatic rings. The zero-order valence-corrected chi connectivity index (χ0v) is 10.0. The SMILES string of the molecule is CCOCCOCC(N)(C(=O)OC)C1CC1. The summed E-state index contributed by atoms with van der Waals surface area (Å²) in [5, 5.41) is 0. The summed E-state index contributed by atoms with van der Waals surface area (Å²) < 4.78 is 15.2. The fourth-order valence-corrected chi connectivity index (χ4v) is 1.64. The molecule has 0 spiro atoms. The molecule has 0 aromatic rings. The van der Waals surface area contributed by atoms with Crippen LogP contribution in [0.4, 0.5) is 0 Å². The highest BCUT2D eigenvalue weighted by atomic mass is 16.5. The molecule has 0 aromatic heterocycles. The first-order valence-corrected chi connectivity index (χ1v) is 5.68. The number of ether oxygens (including phenoxy) is 3. The molecule has 0 heterocycles. The number of carbonyl (C=O) groups is 1. The normalized spacial score (nSPS) is 19.2. The molecule has 94 valence electrons. The molecule has 0 saturated heterocycles. The molecule has 0 radical (unpaired) electrons. The van der Waals surface area contributed by atoms with Gasteiger partial charge in [0.1, 0.15) is 5.54 Å². The van der Waals surface area contributed by atoms with Crippen LogP contribution in [0.5, 0.6) is 0 Å². The molecule has 16 heavy (non-hydrogen) atoms. The Morgan fingerprint density at radius 1 is 1.38 bits per heavy atom. The van der Waals surface area contributed by atoms with Crippen molar-refractivity contribution in [1.29, 1.82) is 0 Å². The number of carbonyl (C=O) groups excluding carboxylic acids is 1. The minimum absolute atomic E-state index is 0.201. The molecule has 5 heteroatoms. The van der Waals surface area contributed by atoms with Crippen LogP contribution in [0.15, 0.2) is 0 Å². The van der Waals surface area contributed by atoms with Crippen molar-refractivity contribution < 1.29 is 19.0 Å². The predicted molar refractivity (Wildman–Crippen MR) is 59.0 cm³/mol. The second-order valence-electron chi connectivity index (χ2n) is 4.06. The van der Waals surface area contributed by atoms with E-state index in [9.17, 15) is 4.79 Å². The highest BCUT2D eigenvalue weighted by Gasteiger charge is 2.49. The number of hydrogen-bond acceptors (Lipinski definition) is 5. The number of nitrogens with two attached hydrogens (primary N) is 1. The van der Waals surface area contributed by atoms with Gasteiger partial charge in [0.25, 0.3) is 0 Å². The second-order valence-corrected chi connectivity index (χ2v) is 4.06. The number of rotatable bonds is 8. The van der Waals surface area contributed by atoms with Crippen LogP contribution >= 0.6 is 0 Å². The predicted octanol–water partition coefficient (Wildman–Crippen LogP) is 0.320. The maximum Gasteiger partial charge on any atom is 0.328 e. The fourth-order valence-electron chi connectivity index (χ4n) is 1.64. The second kappa shape index (κ2) is 6.18. The number of methoxy groups -OCH3 is 1. The van der Waals surface area contributed by atoms with E-state index in [1.807, 2.05) is 6.92 Å². The minimum atomic E-state index is -0.971. The van der Waals surface area contributed by atoms with Crippen molar-refractivity contribution in [2.75, 3.05) is 33.5 Å². The van der Waals surface area contributed by atoms with Crippen LogP contribution in [0.1, 0.15) is 19.8 Å². The van der Waals surface area contributed by atoms with E-state index >= 15 is 0 Å². The van der Waals surface area contributed by atoms with Crippen LogP contribution in [0.25, 0.3) is 0 Å². The first-order valence-electron chi connectivity index (χ1n) is 5.68. The van der Waals surface area contributed by atoms with Gasteiger partial charge in [-0.25, -0.2) is 4.79 Å². The smallest absolute Gasteiger partial charge is 0.328 e. The van der Waals surface area contributed by atoms with E-state index in [1.54, 1.807) is 0 Å². The Morgan fingerprint density at radius 3 is 2.50 bits per heavy atom. The van der Waals surface area contributed by atoms with Crippen LogP contribution < -0.4 is 5.73 Å². The van der Waals surface area contributed by atoms with Crippen LogP contribution in [0, 0.1) is 5.92 Å². The third-order valence-corrected chi connectivity index (χ3v) is 2.79. The topological polar surface area (TPSA) is 70.8 Å². The summed E-state index contributed by atoms with van der Waals surface area (Å²) in [7, 11) is 1.35. The Kier molecular flexibility index (Phi) is 5.18. The maximum absolute atomic E-state index is 11.6. The molecule has 2 N–H and O–H groups in total. The van der Waals surface area contributed by atoms with Gasteiger partial charge in [0.05, 0.1) is 26.9 Å². The Bertz CT molecular complexity index is 230. The summed E-state index contributed by atoms with van der Waals surface area (Å²) in [6.45, 7) is 3.77. The maximum atomic E-state index is 11.6. The molecule has 1 fully saturated rings. The lowest BCUT2D eigenvalue weighted by Gasteiger charge is -2.26. The average molecular weight is 231 g/mol. The van der Waals surface area contributed by atoms with E-state index < -0.39 is 5.54 Å². The molecule has 0 aromatic carbocycles. The molecule has 0 aliphatic heterocycles. The van der Waals surface area contributed by atoms with E-state index in [4.69, 9.17) is 19.9 Å². The van der Waals surface area contributed by atoms with E-state index in [0.717, 1.165) is 12.8 Å². The molecule has 1 unspecified atom stereocenters. The monoisotopic (exact) mass is 231 g/mol. The zero-order chi connectivity index (χ0) is 12.0. The minimum Gasteiger partial charge on any atom is -0.468 e. The van der Waals surface area contributed by atoms with Gasteiger partial charge in [0.2, 0.25) is 0 Å². The fraction of sp³-hybridized carbons (Fsp3) is 0.909. The third kappa shape index (κ3) is 3.43. The first kappa shape index (κ1) is 13.4. The van der Waals surface area contributed by atoms with Gasteiger partial charge < -0.3 is 19.9 Å². The highest BCUT2D eigenvalue weighted by molar-refractivity contribution is 5.81. The number of hydrogen-bond donors (Lipinski definition) is 1. The molecule has 1 rings (SSSR count). The van der Waals surface area contributed by atoms with Gasteiger partial charge >= 0.3 is 5.97 Å². The van der Waals surface area contributed by atoms with Crippen molar-refractivity contribution in [3.05, 3.63) is 0 Å². The summed E-state index contributed by atoms with van der Waals surface area (Å²) >= 11 is 0. The van der Waals surface area contributed by atoms with Crippen LogP contribution in [0.3, 0.4) is 0 Å². The lowest BCUT2D eigenvalue weighted by Crippen LogP contribution is -2.54. The molecule has 1 saturated carbocycles. The summed E-state index contributed by atoms with van der Waals surface area (Å²) in [5.41, 5.74) is 5.06. The van der Waals surface area contributed by atoms with Crippen molar-refractivity contribution in [2.45, 2.75) is 25.3 Å². The van der Waals surface area contributed by atoms with Crippen molar-refractivity contribution in [3.63, 3.8) is 0 Å². The van der Waals surface area contributed by atoms with Gasteiger partial charge in [-0.3, -0.25) is 0 Å².